The highest BCUT2D eigenvalue weighted by Gasteiger charge is 2.23. The van der Waals surface area contributed by atoms with Crippen LogP contribution >= 0.6 is 11.6 Å². The Hall–Kier alpha value is -2.13. The molecule has 1 heterocycles. The first-order chi connectivity index (χ1) is 14.3. The number of benzene rings is 3. The molecule has 0 aliphatic carbocycles. The molecule has 0 spiro atoms. The standard InChI is InChI=1S/C26H29ClN2/c27-24-13-11-23(12-14-24)26(22-9-5-2-6-10-22)28-25-16-19-29(20-17-25)18-15-21-7-3-1-4-8-21/h1-14,25-26,28H,15-20H2. The highest BCUT2D eigenvalue weighted by Crippen LogP contribution is 2.26. The fraction of sp³-hybridized carbons (Fsp3) is 0.308. The van der Waals surface area contributed by atoms with E-state index >= 15 is 0 Å². The molecule has 3 aromatic carbocycles. The monoisotopic (exact) mass is 404 g/mol. The zero-order valence-electron chi connectivity index (χ0n) is 16.8. The van der Waals surface area contributed by atoms with Crippen LogP contribution in [0.25, 0.3) is 0 Å². The topological polar surface area (TPSA) is 15.3 Å². The summed E-state index contributed by atoms with van der Waals surface area (Å²) < 4.78 is 0. The van der Waals surface area contributed by atoms with Gasteiger partial charge in [-0.1, -0.05) is 84.4 Å². The molecule has 1 N–H and O–H groups in total. The van der Waals surface area contributed by atoms with Crippen molar-refractivity contribution in [3.63, 3.8) is 0 Å². The van der Waals surface area contributed by atoms with Crippen LogP contribution in [0.15, 0.2) is 84.9 Å². The van der Waals surface area contributed by atoms with Gasteiger partial charge in [-0.25, -0.2) is 0 Å². The first kappa shape index (κ1) is 20.2. The summed E-state index contributed by atoms with van der Waals surface area (Å²) in [6.07, 6.45) is 3.51. The summed E-state index contributed by atoms with van der Waals surface area (Å²) in [6.45, 7) is 3.47. The van der Waals surface area contributed by atoms with Crippen molar-refractivity contribution in [1.82, 2.24) is 10.2 Å². The third kappa shape index (κ3) is 5.70. The summed E-state index contributed by atoms with van der Waals surface area (Å²) in [6, 6.07) is 30.5. The van der Waals surface area contributed by atoms with Gasteiger partial charge in [-0.15, -0.1) is 0 Å². The van der Waals surface area contributed by atoms with Gasteiger partial charge in [0, 0.05) is 17.6 Å². The van der Waals surface area contributed by atoms with Crippen molar-refractivity contribution in [2.45, 2.75) is 31.3 Å². The van der Waals surface area contributed by atoms with Crippen molar-refractivity contribution in [2.75, 3.05) is 19.6 Å². The molecule has 4 rings (SSSR count). The second-order valence-corrected chi connectivity index (χ2v) is 8.35. The number of nitrogens with one attached hydrogen (secondary N) is 1. The van der Waals surface area contributed by atoms with Crippen molar-refractivity contribution in [3.8, 4) is 0 Å². The van der Waals surface area contributed by atoms with Gasteiger partial charge in [-0.2, -0.15) is 0 Å². The summed E-state index contributed by atoms with van der Waals surface area (Å²) in [4.78, 5) is 2.60. The van der Waals surface area contributed by atoms with Gasteiger partial charge in [-0.05, 0) is 61.2 Å². The van der Waals surface area contributed by atoms with Crippen LogP contribution in [0.2, 0.25) is 5.02 Å². The molecule has 2 nitrogen and oxygen atoms in total. The zero-order valence-corrected chi connectivity index (χ0v) is 17.6. The van der Waals surface area contributed by atoms with E-state index in [4.69, 9.17) is 11.6 Å². The number of hydrogen-bond donors (Lipinski definition) is 1. The third-order valence-electron chi connectivity index (χ3n) is 5.89. The molecule has 3 heteroatoms. The van der Waals surface area contributed by atoms with Gasteiger partial charge >= 0.3 is 0 Å². The molecule has 0 radical (unpaired) electrons. The molecule has 29 heavy (non-hydrogen) atoms. The Morgan fingerprint density at radius 1 is 0.793 bits per heavy atom. The lowest BCUT2D eigenvalue weighted by Gasteiger charge is -2.35. The molecule has 150 valence electrons. The van der Waals surface area contributed by atoms with Gasteiger partial charge in [0.2, 0.25) is 0 Å². The van der Waals surface area contributed by atoms with E-state index in [2.05, 4.69) is 83.0 Å². The van der Waals surface area contributed by atoms with Gasteiger partial charge in [0.1, 0.15) is 0 Å². The number of piperidine rings is 1. The van der Waals surface area contributed by atoms with Crippen molar-refractivity contribution >= 4 is 11.6 Å². The first-order valence-electron chi connectivity index (χ1n) is 10.6. The summed E-state index contributed by atoms with van der Waals surface area (Å²) >= 11 is 6.12. The minimum absolute atomic E-state index is 0.203. The molecular formula is C26H29ClN2. The van der Waals surface area contributed by atoms with E-state index in [1.165, 1.54) is 29.5 Å². The first-order valence-corrected chi connectivity index (χ1v) is 11.0. The molecule has 1 unspecified atom stereocenters. The Morgan fingerprint density at radius 3 is 2.03 bits per heavy atom. The van der Waals surface area contributed by atoms with Crippen LogP contribution in [0.5, 0.6) is 0 Å². The lowest BCUT2D eigenvalue weighted by Crippen LogP contribution is -2.44. The fourth-order valence-electron chi connectivity index (χ4n) is 4.18. The van der Waals surface area contributed by atoms with E-state index in [1.807, 2.05) is 12.1 Å². The maximum atomic E-state index is 6.12. The van der Waals surface area contributed by atoms with Gasteiger partial charge < -0.3 is 10.2 Å². The number of halogens is 1. The normalized spacial score (nSPS) is 16.6. The quantitative estimate of drug-likeness (QED) is 0.541. The Morgan fingerprint density at radius 2 is 1.38 bits per heavy atom. The minimum atomic E-state index is 0.203. The van der Waals surface area contributed by atoms with E-state index in [0.717, 1.165) is 31.1 Å². The van der Waals surface area contributed by atoms with Gasteiger partial charge in [0.15, 0.2) is 0 Å². The molecule has 3 aromatic rings. The molecule has 1 aliphatic rings. The van der Waals surface area contributed by atoms with Crippen LogP contribution in [0.4, 0.5) is 0 Å². The Kier molecular flexibility index (Phi) is 7.00. The fourth-order valence-corrected chi connectivity index (χ4v) is 4.30. The predicted octanol–water partition coefficient (Wildman–Crippen LogP) is 5.73. The lowest BCUT2D eigenvalue weighted by atomic mass is 9.95. The van der Waals surface area contributed by atoms with Gasteiger partial charge in [0.25, 0.3) is 0 Å². The number of hydrogen-bond acceptors (Lipinski definition) is 2. The summed E-state index contributed by atoms with van der Waals surface area (Å²) in [7, 11) is 0. The van der Waals surface area contributed by atoms with Crippen molar-refractivity contribution < 1.29 is 0 Å². The van der Waals surface area contributed by atoms with Crippen LogP contribution in [0.1, 0.15) is 35.6 Å². The Balaban J connectivity index is 1.36. The van der Waals surface area contributed by atoms with Crippen molar-refractivity contribution in [1.29, 1.82) is 0 Å². The number of nitrogens with zero attached hydrogens (tertiary/aromatic N) is 1. The SMILES string of the molecule is Clc1ccc(C(NC2CCN(CCc3ccccc3)CC2)c2ccccc2)cc1. The largest absolute Gasteiger partial charge is 0.303 e. The van der Waals surface area contributed by atoms with Crippen molar-refractivity contribution in [2.24, 2.45) is 0 Å². The smallest absolute Gasteiger partial charge is 0.0578 e. The lowest BCUT2D eigenvalue weighted by molar-refractivity contribution is 0.195. The Bertz CT molecular complexity index is 856. The molecule has 1 aliphatic heterocycles. The van der Waals surface area contributed by atoms with E-state index in [-0.39, 0.29) is 6.04 Å². The van der Waals surface area contributed by atoms with Crippen LogP contribution in [-0.2, 0) is 6.42 Å². The number of rotatable bonds is 7. The third-order valence-corrected chi connectivity index (χ3v) is 6.14. The predicted molar refractivity (Wildman–Crippen MR) is 122 cm³/mol. The minimum Gasteiger partial charge on any atom is -0.303 e. The molecule has 1 atom stereocenters. The second kappa shape index (κ2) is 10.1. The second-order valence-electron chi connectivity index (χ2n) is 7.91. The van der Waals surface area contributed by atoms with E-state index in [9.17, 15) is 0 Å². The van der Waals surface area contributed by atoms with Crippen LogP contribution in [0, 0.1) is 0 Å². The molecule has 1 fully saturated rings. The van der Waals surface area contributed by atoms with Crippen LogP contribution < -0.4 is 5.32 Å². The maximum absolute atomic E-state index is 6.12. The van der Waals surface area contributed by atoms with E-state index in [1.54, 1.807) is 0 Å². The molecule has 1 saturated heterocycles. The molecule has 0 amide bonds. The maximum Gasteiger partial charge on any atom is 0.0578 e. The number of likely N-dealkylation sites (tertiary alicyclic amines) is 1. The van der Waals surface area contributed by atoms with Crippen LogP contribution in [-0.4, -0.2) is 30.6 Å². The summed E-state index contributed by atoms with van der Waals surface area (Å²) in [5.41, 5.74) is 4.01. The summed E-state index contributed by atoms with van der Waals surface area (Å²) in [5.74, 6) is 0. The summed E-state index contributed by atoms with van der Waals surface area (Å²) in [5, 5.41) is 4.72. The molecule has 0 bridgehead atoms. The zero-order chi connectivity index (χ0) is 19.9. The average molecular weight is 405 g/mol. The van der Waals surface area contributed by atoms with Crippen molar-refractivity contribution in [3.05, 3.63) is 107 Å². The highest BCUT2D eigenvalue weighted by atomic mass is 35.5. The van der Waals surface area contributed by atoms with Crippen LogP contribution in [0.3, 0.4) is 0 Å². The molecular weight excluding hydrogens is 376 g/mol. The Labute approximate surface area is 179 Å². The van der Waals surface area contributed by atoms with Gasteiger partial charge in [-0.3, -0.25) is 0 Å². The average Bonchev–Trinajstić information content (AvgIpc) is 2.79. The van der Waals surface area contributed by atoms with E-state index in [0.29, 0.717) is 6.04 Å². The van der Waals surface area contributed by atoms with E-state index < -0.39 is 0 Å². The molecule has 0 aromatic heterocycles. The highest BCUT2D eigenvalue weighted by molar-refractivity contribution is 6.30. The molecule has 0 saturated carbocycles. The van der Waals surface area contributed by atoms with Gasteiger partial charge in [0.05, 0.1) is 6.04 Å².